The highest BCUT2D eigenvalue weighted by atomic mass is 16.1. The van der Waals surface area contributed by atoms with E-state index in [0.29, 0.717) is 18.5 Å². The highest BCUT2D eigenvalue weighted by Gasteiger charge is 2.18. The van der Waals surface area contributed by atoms with Gasteiger partial charge in [0.05, 0.1) is 12.2 Å². The maximum atomic E-state index is 12.0. The fraction of sp³-hybridized carbons (Fsp3) is 0.429. The van der Waals surface area contributed by atoms with Crippen LogP contribution in [0.3, 0.4) is 0 Å². The van der Waals surface area contributed by atoms with Crippen LogP contribution in [0.4, 0.5) is 5.95 Å². The largest absolute Gasteiger partial charge is 0.352 e. The molecule has 1 N–H and O–H groups in total. The molecule has 104 valence electrons. The first-order valence-corrected chi connectivity index (χ1v) is 6.83. The molecule has 2 aromatic heterocycles. The van der Waals surface area contributed by atoms with Crippen LogP contribution in [0, 0.1) is 6.92 Å². The quantitative estimate of drug-likeness (QED) is 0.908. The second kappa shape index (κ2) is 5.40. The summed E-state index contributed by atoms with van der Waals surface area (Å²) in [5, 5.41) is 3.17. The second-order valence-electron chi connectivity index (χ2n) is 5.13. The monoisotopic (exact) mass is 271 g/mol. The fourth-order valence-corrected chi connectivity index (χ4v) is 2.12. The van der Waals surface area contributed by atoms with Gasteiger partial charge in [0.2, 0.25) is 5.95 Å². The molecule has 3 rings (SSSR count). The molecule has 0 bridgehead atoms. The van der Waals surface area contributed by atoms with Crippen molar-refractivity contribution in [2.24, 2.45) is 0 Å². The number of aromatic nitrogens is 4. The van der Waals surface area contributed by atoms with E-state index in [1.807, 2.05) is 19.1 Å². The normalized spacial score (nSPS) is 14.8. The molecule has 1 aliphatic carbocycles. The van der Waals surface area contributed by atoms with Gasteiger partial charge in [0.1, 0.15) is 6.33 Å². The van der Waals surface area contributed by atoms with Gasteiger partial charge < -0.3 is 5.32 Å². The van der Waals surface area contributed by atoms with Crippen LogP contribution in [-0.2, 0) is 6.54 Å². The molecule has 0 atom stereocenters. The smallest absolute Gasteiger partial charge is 0.351 e. The van der Waals surface area contributed by atoms with Crippen molar-refractivity contribution in [1.29, 1.82) is 0 Å². The van der Waals surface area contributed by atoms with Crippen LogP contribution in [0.2, 0.25) is 0 Å². The van der Waals surface area contributed by atoms with E-state index in [9.17, 15) is 4.79 Å². The number of anilines is 1. The Labute approximate surface area is 116 Å². The first-order valence-electron chi connectivity index (χ1n) is 6.83. The van der Waals surface area contributed by atoms with Gasteiger partial charge in [0.15, 0.2) is 0 Å². The lowest BCUT2D eigenvalue weighted by Crippen LogP contribution is -2.31. The molecule has 2 aromatic rings. The van der Waals surface area contributed by atoms with Crippen LogP contribution in [0.25, 0.3) is 0 Å². The summed E-state index contributed by atoms with van der Waals surface area (Å²) in [6.07, 6.45) is 6.73. The lowest BCUT2D eigenvalue weighted by atomic mass is 9.93. The minimum Gasteiger partial charge on any atom is -0.351 e. The molecule has 6 heteroatoms. The Hall–Kier alpha value is -2.24. The Kier molecular flexibility index (Phi) is 3.45. The van der Waals surface area contributed by atoms with Crippen LogP contribution in [0.15, 0.2) is 29.5 Å². The summed E-state index contributed by atoms with van der Waals surface area (Å²) in [5.41, 5.74) is 1.61. The number of aryl methyl sites for hydroxylation is 1. The zero-order valence-corrected chi connectivity index (χ0v) is 11.4. The summed E-state index contributed by atoms with van der Waals surface area (Å²) in [6, 6.07) is 4.27. The maximum Gasteiger partial charge on any atom is 0.352 e. The summed E-state index contributed by atoms with van der Waals surface area (Å²) in [6.45, 7) is 2.37. The van der Waals surface area contributed by atoms with Crippen molar-refractivity contribution < 1.29 is 0 Å². The third-order valence-corrected chi connectivity index (χ3v) is 3.64. The highest BCUT2D eigenvalue weighted by molar-refractivity contribution is 5.24. The van der Waals surface area contributed by atoms with Crippen LogP contribution in [0.1, 0.15) is 30.5 Å². The zero-order chi connectivity index (χ0) is 13.9. The molecule has 6 nitrogen and oxygen atoms in total. The topological polar surface area (TPSA) is 72.7 Å². The van der Waals surface area contributed by atoms with Crippen LogP contribution in [-0.4, -0.2) is 25.6 Å². The minimum absolute atomic E-state index is 0.299. The van der Waals surface area contributed by atoms with Gasteiger partial charge in [-0.1, -0.05) is 6.07 Å². The first-order chi connectivity index (χ1) is 9.72. The second-order valence-corrected chi connectivity index (χ2v) is 5.13. The van der Waals surface area contributed by atoms with Crippen LogP contribution in [0.5, 0.6) is 0 Å². The van der Waals surface area contributed by atoms with Gasteiger partial charge in [-0.2, -0.15) is 4.98 Å². The van der Waals surface area contributed by atoms with E-state index in [0.717, 1.165) is 24.1 Å². The Morgan fingerprint density at radius 2 is 2.25 bits per heavy atom. The van der Waals surface area contributed by atoms with E-state index in [1.165, 1.54) is 17.3 Å². The minimum atomic E-state index is -0.299. The molecule has 0 aliphatic heterocycles. The Morgan fingerprint density at radius 3 is 2.90 bits per heavy atom. The van der Waals surface area contributed by atoms with Crippen molar-refractivity contribution in [1.82, 2.24) is 19.5 Å². The van der Waals surface area contributed by atoms with Crippen molar-refractivity contribution in [2.45, 2.75) is 38.8 Å². The standard InChI is InChI=1S/C14H17N5O/c1-10-4-3-7-15-12(10)8-19-9-16-13(18-14(19)20)17-11-5-2-6-11/h3-4,7,9,11H,2,5-6,8H2,1H3,(H,17,18,20). The molecule has 0 radical (unpaired) electrons. The summed E-state index contributed by atoms with van der Waals surface area (Å²) in [7, 11) is 0. The van der Waals surface area contributed by atoms with E-state index in [4.69, 9.17) is 0 Å². The van der Waals surface area contributed by atoms with Crippen molar-refractivity contribution in [3.8, 4) is 0 Å². The molecule has 1 fully saturated rings. The lowest BCUT2D eigenvalue weighted by Gasteiger charge is -2.26. The van der Waals surface area contributed by atoms with Crippen molar-refractivity contribution >= 4 is 5.95 Å². The van der Waals surface area contributed by atoms with Gasteiger partial charge in [-0.15, -0.1) is 0 Å². The molecule has 1 aliphatic rings. The number of hydrogen-bond acceptors (Lipinski definition) is 5. The molecule has 0 amide bonds. The van der Waals surface area contributed by atoms with E-state index in [2.05, 4.69) is 20.3 Å². The maximum absolute atomic E-state index is 12.0. The summed E-state index contributed by atoms with van der Waals surface area (Å²) in [5.74, 6) is 0.425. The Morgan fingerprint density at radius 1 is 1.40 bits per heavy atom. The average Bonchev–Trinajstić information content (AvgIpc) is 2.39. The molecule has 1 saturated carbocycles. The summed E-state index contributed by atoms with van der Waals surface area (Å²) in [4.78, 5) is 24.4. The predicted octanol–water partition coefficient (Wildman–Crippen LogP) is 1.35. The molecule has 0 spiro atoms. The Bertz CT molecular complexity index is 663. The SMILES string of the molecule is Cc1cccnc1Cn1cnc(NC2CCC2)nc1=O. The lowest BCUT2D eigenvalue weighted by molar-refractivity contribution is 0.442. The van der Waals surface area contributed by atoms with Gasteiger partial charge in [-0.25, -0.2) is 9.78 Å². The number of nitrogens with one attached hydrogen (secondary N) is 1. The van der Waals surface area contributed by atoms with Crippen LogP contribution < -0.4 is 11.0 Å². The number of rotatable bonds is 4. The predicted molar refractivity (Wildman–Crippen MR) is 75.6 cm³/mol. The van der Waals surface area contributed by atoms with E-state index in [1.54, 1.807) is 6.20 Å². The third-order valence-electron chi connectivity index (χ3n) is 3.64. The van der Waals surface area contributed by atoms with Crippen LogP contribution >= 0.6 is 0 Å². The zero-order valence-electron chi connectivity index (χ0n) is 11.4. The molecule has 0 aromatic carbocycles. The molecular weight excluding hydrogens is 254 g/mol. The summed E-state index contributed by atoms with van der Waals surface area (Å²) >= 11 is 0. The molecule has 0 saturated heterocycles. The third kappa shape index (κ3) is 2.68. The molecule has 0 unspecified atom stereocenters. The highest BCUT2D eigenvalue weighted by Crippen LogP contribution is 2.20. The molecule has 20 heavy (non-hydrogen) atoms. The number of pyridine rings is 1. The van der Waals surface area contributed by atoms with Crippen molar-refractivity contribution in [2.75, 3.05) is 5.32 Å². The van der Waals surface area contributed by atoms with E-state index >= 15 is 0 Å². The van der Waals surface area contributed by atoms with Crippen molar-refractivity contribution in [3.05, 3.63) is 46.4 Å². The number of hydrogen-bond donors (Lipinski definition) is 1. The molecular formula is C14H17N5O. The van der Waals surface area contributed by atoms with Gasteiger partial charge >= 0.3 is 5.69 Å². The Balaban J connectivity index is 1.77. The first kappa shape index (κ1) is 12.8. The van der Waals surface area contributed by atoms with Gasteiger partial charge in [-0.05, 0) is 37.8 Å². The van der Waals surface area contributed by atoms with Gasteiger partial charge in [-0.3, -0.25) is 9.55 Å². The van der Waals surface area contributed by atoms with Gasteiger partial charge in [0.25, 0.3) is 0 Å². The van der Waals surface area contributed by atoms with E-state index in [-0.39, 0.29) is 5.69 Å². The van der Waals surface area contributed by atoms with Crippen molar-refractivity contribution in [3.63, 3.8) is 0 Å². The van der Waals surface area contributed by atoms with E-state index < -0.39 is 0 Å². The fourth-order valence-electron chi connectivity index (χ4n) is 2.12. The average molecular weight is 271 g/mol. The van der Waals surface area contributed by atoms with Gasteiger partial charge in [0, 0.05) is 12.2 Å². The number of nitrogens with zero attached hydrogens (tertiary/aromatic N) is 4. The molecule has 2 heterocycles. The summed E-state index contributed by atoms with van der Waals surface area (Å²) < 4.78 is 1.47.